The maximum Gasteiger partial charge on any atom is 0.163 e. The lowest BCUT2D eigenvalue weighted by molar-refractivity contribution is 0.0939. The highest BCUT2D eigenvalue weighted by Gasteiger charge is 2.18. The van der Waals surface area contributed by atoms with Crippen molar-refractivity contribution in [3.63, 3.8) is 0 Å². The van der Waals surface area contributed by atoms with Crippen molar-refractivity contribution in [2.75, 3.05) is 0 Å². The number of hydrogen-bond donors (Lipinski definition) is 0. The molecule has 0 spiro atoms. The molecule has 0 saturated carbocycles. The summed E-state index contributed by atoms with van der Waals surface area (Å²) in [5.41, 5.74) is 2.74. The van der Waals surface area contributed by atoms with Crippen LogP contribution in [0.3, 0.4) is 0 Å². The quantitative estimate of drug-likeness (QED) is 0.690. The Balaban J connectivity index is 3.02. The fourth-order valence-electron chi connectivity index (χ4n) is 1.69. The Kier molecular flexibility index (Phi) is 3.80. The first-order valence-corrected chi connectivity index (χ1v) is 5.88. The summed E-state index contributed by atoms with van der Waals surface area (Å²) < 4.78 is 0. The molecule has 0 saturated heterocycles. The van der Waals surface area contributed by atoms with Gasteiger partial charge in [-0.25, -0.2) is 0 Å². The van der Waals surface area contributed by atoms with Crippen molar-refractivity contribution in [1.29, 1.82) is 0 Å². The van der Waals surface area contributed by atoms with E-state index in [1.54, 1.807) is 0 Å². The van der Waals surface area contributed by atoms with E-state index in [9.17, 15) is 4.79 Å². The Morgan fingerprint density at radius 2 is 1.62 bits per heavy atom. The van der Waals surface area contributed by atoms with Crippen molar-refractivity contribution in [3.05, 3.63) is 33.8 Å². The Labute approximate surface area is 103 Å². The molecule has 0 amide bonds. The predicted octanol–water partition coefficient (Wildman–Crippen LogP) is 4.58. The maximum atomic E-state index is 12.0. The van der Waals surface area contributed by atoms with Gasteiger partial charge < -0.3 is 0 Å². The standard InChI is InChI=1S/C14H19ClO/c1-9-6-11(7-10(2)13(9)15)12(16)8-14(3,4)5/h6-7H,8H2,1-5H3. The fourth-order valence-corrected chi connectivity index (χ4v) is 1.80. The Hall–Kier alpha value is -0.820. The Morgan fingerprint density at radius 3 is 2.00 bits per heavy atom. The summed E-state index contributed by atoms with van der Waals surface area (Å²) in [7, 11) is 0. The van der Waals surface area contributed by atoms with Gasteiger partial charge in [-0.2, -0.15) is 0 Å². The number of benzene rings is 1. The summed E-state index contributed by atoms with van der Waals surface area (Å²) in [5.74, 6) is 0.190. The normalized spacial score (nSPS) is 11.6. The molecule has 0 fully saturated rings. The fraction of sp³-hybridized carbons (Fsp3) is 0.500. The molecule has 0 aliphatic heterocycles. The average Bonchev–Trinajstić information content (AvgIpc) is 2.10. The summed E-state index contributed by atoms with van der Waals surface area (Å²) >= 11 is 6.08. The zero-order chi connectivity index (χ0) is 12.5. The van der Waals surface area contributed by atoms with Crippen LogP contribution in [0.2, 0.25) is 5.02 Å². The summed E-state index contributed by atoms with van der Waals surface area (Å²) in [6.45, 7) is 10.1. The molecule has 0 atom stereocenters. The van der Waals surface area contributed by atoms with E-state index in [1.165, 1.54) is 0 Å². The van der Waals surface area contributed by atoms with Crippen molar-refractivity contribution in [2.45, 2.75) is 41.0 Å². The number of carbonyl (C=O) groups excluding carboxylic acids is 1. The number of carbonyl (C=O) groups is 1. The van der Waals surface area contributed by atoms with Gasteiger partial charge in [-0.15, -0.1) is 0 Å². The summed E-state index contributed by atoms with van der Waals surface area (Å²) in [4.78, 5) is 12.0. The van der Waals surface area contributed by atoms with E-state index in [0.717, 1.165) is 21.7 Å². The smallest absolute Gasteiger partial charge is 0.163 e. The van der Waals surface area contributed by atoms with E-state index in [2.05, 4.69) is 20.8 Å². The minimum atomic E-state index is 0.0263. The molecule has 2 heteroatoms. The van der Waals surface area contributed by atoms with Crippen LogP contribution < -0.4 is 0 Å². The van der Waals surface area contributed by atoms with Crippen LogP contribution in [0.4, 0.5) is 0 Å². The number of Topliss-reactive ketones (excluding diaryl/α,β-unsaturated/α-hetero) is 1. The third-order valence-corrected chi connectivity index (χ3v) is 3.05. The van der Waals surface area contributed by atoms with E-state index >= 15 is 0 Å². The molecule has 0 radical (unpaired) electrons. The summed E-state index contributed by atoms with van der Waals surface area (Å²) in [6.07, 6.45) is 0.563. The largest absolute Gasteiger partial charge is 0.294 e. The van der Waals surface area contributed by atoms with Crippen LogP contribution in [0, 0.1) is 19.3 Å². The molecular weight excluding hydrogens is 220 g/mol. The zero-order valence-corrected chi connectivity index (χ0v) is 11.4. The molecule has 88 valence electrons. The van der Waals surface area contributed by atoms with Gasteiger partial charge in [0.05, 0.1) is 0 Å². The average molecular weight is 239 g/mol. The van der Waals surface area contributed by atoms with Crippen molar-refractivity contribution >= 4 is 17.4 Å². The highest BCUT2D eigenvalue weighted by molar-refractivity contribution is 6.32. The Bertz CT molecular complexity index is 390. The highest BCUT2D eigenvalue weighted by Crippen LogP contribution is 2.26. The SMILES string of the molecule is Cc1cc(C(=O)CC(C)(C)C)cc(C)c1Cl. The molecule has 0 bridgehead atoms. The molecule has 16 heavy (non-hydrogen) atoms. The molecule has 0 unspecified atom stereocenters. The van der Waals surface area contributed by atoms with Crippen molar-refractivity contribution in [2.24, 2.45) is 5.41 Å². The van der Waals surface area contributed by atoms with Crippen LogP contribution in [0.15, 0.2) is 12.1 Å². The summed E-state index contributed by atoms with van der Waals surface area (Å²) in [6, 6.07) is 3.76. The lowest BCUT2D eigenvalue weighted by Crippen LogP contribution is -2.13. The lowest BCUT2D eigenvalue weighted by atomic mass is 9.87. The first-order valence-electron chi connectivity index (χ1n) is 5.50. The van der Waals surface area contributed by atoms with Crippen LogP contribution in [0.1, 0.15) is 48.7 Å². The van der Waals surface area contributed by atoms with Crippen molar-refractivity contribution in [1.82, 2.24) is 0 Å². The van der Waals surface area contributed by atoms with Crippen LogP contribution in [0.5, 0.6) is 0 Å². The van der Waals surface area contributed by atoms with E-state index in [0.29, 0.717) is 6.42 Å². The van der Waals surface area contributed by atoms with Gasteiger partial charge in [-0.1, -0.05) is 32.4 Å². The van der Waals surface area contributed by atoms with Crippen LogP contribution in [0.25, 0.3) is 0 Å². The van der Waals surface area contributed by atoms with Gasteiger partial charge in [-0.05, 0) is 42.5 Å². The molecule has 1 aromatic rings. The predicted molar refractivity (Wildman–Crippen MR) is 69.3 cm³/mol. The van der Waals surface area contributed by atoms with Gasteiger partial charge in [0.25, 0.3) is 0 Å². The van der Waals surface area contributed by atoms with Gasteiger partial charge in [0.1, 0.15) is 0 Å². The number of halogens is 1. The molecule has 1 nitrogen and oxygen atoms in total. The van der Waals surface area contributed by atoms with Gasteiger partial charge >= 0.3 is 0 Å². The lowest BCUT2D eigenvalue weighted by Gasteiger charge is -2.17. The first-order chi connectivity index (χ1) is 7.20. The molecular formula is C14H19ClO. The topological polar surface area (TPSA) is 17.1 Å². The summed E-state index contributed by atoms with van der Waals surface area (Å²) in [5, 5.41) is 0.757. The van der Waals surface area contributed by atoms with Crippen LogP contribution in [-0.2, 0) is 0 Å². The van der Waals surface area contributed by atoms with E-state index < -0.39 is 0 Å². The zero-order valence-electron chi connectivity index (χ0n) is 10.6. The minimum absolute atomic E-state index is 0.0263. The third-order valence-electron chi connectivity index (χ3n) is 2.45. The van der Waals surface area contributed by atoms with Gasteiger partial charge in [0.15, 0.2) is 5.78 Å². The second-order valence-electron chi connectivity index (χ2n) is 5.58. The molecule has 1 rings (SSSR count). The number of ketones is 1. The first kappa shape index (κ1) is 13.2. The third kappa shape index (κ3) is 3.34. The number of rotatable bonds is 2. The van der Waals surface area contributed by atoms with Crippen molar-refractivity contribution < 1.29 is 4.79 Å². The van der Waals surface area contributed by atoms with E-state index in [1.807, 2.05) is 26.0 Å². The van der Waals surface area contributed by atoms with Crippen molar-refractivity contribution in [3.8, 4) is 0 Å². The van der Waals surface area contributed by atoms with Gasteiger partial charge in [0.2, 0.25) is 0 Å². The monoisotopic (exact) mass is 238 g/mol. The molecule has 0 heterocycles. The molecule has 0 aliphatic rings. The highest BCUT2D eigenvalue weighted by atomic mass is 35.5. The molecule has 0 aromatic heterocycles. The van der Waals surface area contributed by atoms with Gasteiger partial charge in [0, 0.05) is 17.0 Å². The van der Waals surface area contributed by atoms with E-state index in [4.69, 9.17) is 11.6 Å². The van der Waals surface area contributed by atoms with E-state index in [-0.39, 0.29) is 11.2 Å². The maximum absolute atomic E-state index is 12.0. The van der Waals surface area contributed by atoms with Gasteiger partial charge in [-0.3, -0.25) is 4.79 Å². The second-order valence-corrected chi connectivity index (χ2v) is 5.96. The minimum Gasteiger partial charge on any atom is -0.294 e. The number of aryl methyl sites for hydroxylation is 2. The number of hydrogen-bond acceptors (Lipinski definition) is 1. The Morgan fingerprint density at radius 1 is 1.19 bits per heavy atom. The molecule has 0 N–H and O–H groups in total. The molecule has 1 aromatic carbocycles. The van der Waals surface area contributed by atoms with Crippen LogP contribution >= 0.6 is 11.6 Å². The molecule has 0 aliphatic carbocycles. The second kappa shape index (κ2) is 4.58. The van der Waals surface area contributed by atoms with Crippen LogP contribution in [-0.4, -0.2) is 5.78 Å².